The molecular formula is C26H25N7O. The monoisotopic (exact) mass is 451 g/mol. The van der Waals surface area contributed by atoms with Gasteiger partial charge in [0, 0.05) is 58.2 Å². The van der Waals surface area contributed by atoms with Crippen molar-refractivity contribution in [3.63, 3.8) is 0 Å². The normalized spacial score (nSPS) is 16.4. The van der Waals surface area contributed by atoms with Crippen molar-refractivity contribution >= 4 is 33.4 Å². The average Bonchev–Trinajstić information content (AvgIpc) is 3.58. The maximum absolute atomic E-state index is 12.8. The summed E-state index contributed by atoms with van der Waals surface area (Å²) in [7, 11) is 0. The Balaban J connectivity index is 1.22. The molecule has 34 heavy (non-hydrogen) atoms. The van der Waals surface area contributed by atoms with Crippen LogP contribution in [0.2, 0.25) is 0 Å². The van der Waals surface area contributed by atoms with E-state index in [4.69, 9.17) is 0 Å². The van der Waals surface area contributed by atoms with Crippen molar-refractivity contribution in [3.8, 4) is 11.4 Å². The summed E-state index contributed by atoms with van der Waals surface area (Å²) >= 11 is 0. The second kappa shape index (κ2) is 8.39. The smallest absolute Gasteiger partial charge is 0.255 e. The van der Waals surface area contributed by atoms with Crippen LogP contribution in [0.15, 0.2) is 61.1 Å². The summed E-state index contributed by atoms with van der Waals surface area (Å²) in [5.74, 6) is -0.186. The zero-order valence-corrected chi connectivity index (χ0v) is 18.9. The fourth-order valence-corrected chi connectivity index (χ4v) is 4.69. The van der Waals surface area contributed by atoms with Gasteiger partial charge in [-0.25, -0.2) is 0 Å². The first-order chi connectivity index (χ1) is 16.6. The number of carbonyl (C=O) groups excluding carboxylic acids is 1. The number of aromatic nitrogens is 5. The minimum atomic E-state index is -0.186. The van der Waals surface area contributed by atoms with Gasteiger partial charge in [0.15, 0.2) is 0 Å². The molecule has 0 aliphatic carbocycles. The lowest BCUT2D eigenvalue weighted by Crippen LogP contribution is -2.26. The molecule has 4 aromatic heterocycles. The highest BCUT2D eigenvalue weighted by atomic mass is 16.1. The first kappa shape index (κ1) is 20.6. The fraction of sp³-hybridized carbons (Fsp3) is 0.231. The van der Waals surface area contributed by atoms with Gasteiger partial charge in [-0.1, -0.05) is 0 Å². The van der Waals surface area contributed by atoms with Crippen LogP contribution in [0.3, 0.4) is 0 Å². The summed E-state index contributed by atoms with van der Waals surface area (Å²) in [4.78, 5) is 27.9. The molecule has 6 rings (SSSR count). The summed E-state index contributed by atoms with van der Waals surface area (Å²) in [5, 5.41) is 11.8. The molecule has 1 aromatic carbocycles. The minimum absolute atomic E-state index is 0.186. The van der Waals surface area contributed by atoms with Gasteiger partial charge in [-0.05, 0) is 68.8 Å². The Morgan fingerprint density at radius 2 is 1.94 bits per heavy atom. The molecular weight excluding hydrogens is 426 g/mol. The van der Waals surface area contributed by atoms with Crippen LogP contribution in [-0.2, 0) is 6.54 Å². The Morgan fingerprint density at radius 1 is 1.06 bits per heavy atom. The van der Waals surface area contributed by atoms with Gasteiger partial charge in [-0.2, -0.15) is 5.10 Å². The lowest BCUT2D eigenvalue weighted by atomic mass is 10.1. The summed E-state index contributed by atoms with van der Waals surface area (Å²) < 4.78 is 0. The third-order valence-corrected chi connectivity index (χ3v) is 6.61. The number of amides is 1. The zero-order valence-electron chi connectivity index (χ0n) is 18.9. The lowest BCUT2D eigenvalue weighted by Gasteiger charge is -2.19. The Morgan fingerprint density at radius 3 is 2.82 bits per heavy atom. The Labute approximate surface area is 196 Å². The Kier molecular flexibility index (Phi) is 5.07. The maximum Gasteiger partial charge on any atom is 0.255 e. The summed E-state index contributed by atoms with van der Waals surface area (Å²) in [6.45, 7) is 4.37. The standard InChI is InChI=1S/C26H25N7O/c1-16-3-2-8-33(16)15-21-10-19-13-28-25(12-23(19)30-21)24-11-20(6-7-27-24)31-26(34)17-4-5-22-18(9-17)14-29-32-22/h4-7,9-14,16,30H,2-3,8,15H2,1H3,(H,29,32)(H,27,31,34)/t16-/m0/s1. The molecule has 1 atom stereocenters. The molecule has 170 valence electrons. The van der Waals surface area contributed by atoms with Crippen LogP contribution in [0, 0.1) is 0 Å². The largest absolute Gasteiger partial charge is 0.357 e. The quantitative estimate of drug-likeness (QED) is 0.358. The summed E-state index contributed by atoms with van der Waals surface area (Å²) in [6.07, 6.45) is 7.80. The van der Waals surface area contributed by atoms with Gasteiger partial charge >= 0.3 is 0 Å². The lowest BCUT2D eigenvalue weighted by molar-refractivity contribution is 0.102. The second-order valence-corrected chi connectivity index (χ2v) is 8.97. The molecule has 1 aliphatic heterocycles. The predicted octanol–water partition coefficient (Wildman–Crippen LogP) is 4.74. The molecule has 8 nitrogen and oxygen atoms in total. The molecule has 8 heteroatoms. The number of pyridine rings is 2. The number of H-pyrrole nitrogens is 2. The van der Waals surface area contributed by atoms with Crippen molar-refractivity contribution in [2.24, 2.45) is 0 Å². The van der Waals surface area contributed by atoms with E-state index in [0.29, 0.717) is 23.0 Å². The molecule has 5 aromatic rings. The van der Waals surface area contributed by atoms with Crippen molar-refractivity contribution < 1.29 is 4.79 Å². The number of nitrogens with zero attached hydrogens (tertiary/aromatic N) is 4. The van der Waals surface area contributed by atoms with Crippen LogP contribution in [0.4, 0.5) is 5.69 Å². The molecule has 0 spiro atoms. The first-order valence-corrected chi connectivity index (χ1v) is 11.5. The number of nitrogens with one attached hydrogen (secondary N) is 3. The molecule has 1 amide bonds. The van der Waals surface area contributed by atoms with Gasteiger partial charge in [0.1, 0.15) is 0 Å². The van der Waals surface area contributed by atoms with E-state index in [0.717, 1.165) is 40.6 Å². The molecule has 5 heterocycles. The minimum Gasteiger partial charge on any atom is -0.357 e. The van der Waals surface area contributed by atoms with E-state index in [2.05, 4.69) is 48.4 Å². The van der Waals surface area contributed by atoms with Crippen LogP contribution >= 0.6 is 0 Å². The van der Waals surface area contributed by atoms with Crippen molar-refractivity contribution in [1.82, 2.24) is 30.0 Å². The molecule has 3 N–H and O–H groups in total. The fourth-order valence-electron chi connectivity index (χ4n) is 4.69. The molecule has 0 radical (unpaired) electrons. The number of anilines is 1. The van der Waals surface area contributed by atoms with E-state index >= 15 is 0 Å². The van der Waals surface area contributed by atoms with Crippen molar-refractivity contribution in [1.29, 1.82) is 0 Å². The second-order valence-electron chi connectivity index (χ2n) is 8.97. The van der Waals surface area contributed by atoms with Gasteiger partial charge in [0.2, 0.25) is 0 Å². The van der Waals surface area contributed by atoms with Gasteiger partial charge in [0.25, 0.3) is 5.91 Å². The highest BCUT2D eigenvalue weighted by molar-refractivity contribution is 6.06. The van der Waals surface area contributed by atoms with E-state index in [1.54, 1.807) is 24.5 Å². The van der Waals surface area contributed by atoms with E-state index in [9.17, 15) is 4.79 Å². The molecule has 1 saturated heterocycles. The number of hydrogen-bond donors (Lipinski definition) is 3. The van der Waals surface area contributed by atoms with E-state index in [1.807, 2.05) is 30.5 Å². The van der Waals surface area contributed by atoms with Crippen LogP contribution in [0.5, 0.6) is 0 Å². The summed E-state index contributed by atoms with van der Waals surface area (Å²) in [5.41, 5.74) is 5.83. The molecule has 1 aliphatic rings. The van der Waals surface area contributed by atoms with Gasteiger partial charge in [0.05, 0.1) is 23.1 Å². The topological polar surface area (TPSA) is 103 Å². The molecule has 0 saturated carbocycles. The van der Waals surface area contributed by atoms with Crippen LogP contribution < -0.4 is 5.32 Å². The predicted molar refractivity (Wildman–Crippen MR) is 132 cm³/mol. The SMILES string of the molecule is C[C@H]1CCCN1Cc1cc2cnc(-c3cc(NC(=O)c4ccc5[nH]ncc5c4)ccn3)cc2[nH]1. The first-order valence-electron chi connectivity index (χ1n) is 11.5. The summed E-state index contributed by atoms with van der Waals surface area (Å²) in [6, 6.07) is 13.9. The Bertz CT molecular complexity index is 1500. The number of fused-ring (bicyclic) bond motifs is 2. The number of carbonyl (C=O) groups is 1. The highest BCUT2D eigenvalue weighted by Gasteiger charge is 2.20. The third-order valence-electron chi connectivity index (χ3n) is 6.61. The van der Waals surface area contributed by atoms with Gasteiger partial charge in [-0.3, -0.25) is 24.8 Å². The van der Waals surface area contributed by atoms with Gasteiger partial charge < -0.3 is 10.3 Å². The average molecular weight is 452 g/mol. The third kappa shape index (κ3) is 3.92. The van der Waals surface area contributed by atoms with Crippen molar-refractivity contribution in [2.75, 3.05) is 11.9 Å². The van der Waals surface area contributed by atoms with Gasteiger partial charge in [-0.15, -0.1) is 0 Å². The molecule has 1 fully saturated rings. The Hall–Kier alpha value is -4.04. The van der Waals surface area contributed by atoms with Crippen LogP contribution in [-0.4, -0.2) is 48.5 Å². The van der Waals surface area contributed by atoms with Crippen LogP contribution in [0.25, 0.3) is 33.2 Å². The zero-order chi connectivity index (χ0) is 23.1. The molecule has 0 bridgehead atoms. The van der Waals surface area contributed by atoms with E-state index < -0.39 is 0 Å². The number of hydrogen-bond acceptors (Lipinski definition) is 5. The highest BCUT2D eigenvalue weighted by Crippen LogP contribution is 2.25. The number of rotatable bonds is 5. The van der Waals surface area contributed by atoms with Crippen molar-refractivity contribution in [2.45, 2.75) is 32.4 Å². The molecule has 0 unspecified atom stereocenters. The van der Waals surface area contributed by atoms with E-state index in [-0.39, 0.29) is 5.91 Å². The van der Waals surface area contributed by atoms with Crippen LogP contribution in [0.1, 0.15) is 35.8 Å². The van der Waals surface area contributed by atoms with E-state index in [1.165, 1.54) is 18.5 Å². The number of likely N-dealkylation sites (tertiary alicyclic amines) is 1. The van der Waals surface area contributed by atoms with Crippen molar-refractivity contribution in [3.05, 3.63) is 72.3 Å². The number of aromatic amines is 2. The number of benzene rings is 1. The maximum atomic E-state index is 12.8.